The first-order valence-electron chi connectivity index (χ1n) is 9.33. The summed E-state index contributed by atoms with van der Waals surface area (Å²) in [5.41, 5.74) is 1.47. The Bertz CT molecular complexity index is 704. The molecule has 2 aliphatic rings. The van der Waals surface area contributed by atoms with Crippen molar-refractivity contribution in [1.82, 2.24) is 0 Å². The molecule has 0 aromatic heterocycles. The van der Waals surface area contributed by atoms with Crippen molar-refractivity contribution in [3.63, 3.8) is 0 Å². The van der Waals surface area contributed by atoms with E-state index in [1.54, 1.807) is 0 Å². The molecule has 2 atom stereocenters. The van der Waals surface area contributed by atoms with Crippen molar-refractivity contribution in [2.24, 2.45) is 11.3 Å². The molecule has 138 valence electrons. The molecule has 3 rings (SSSR count). The number of aryl methyl sites for hydroxylation is 1. The second-order valence-electron chi connectivity index (χ2n) is 8.75. The number of aromatic hydroxyl groups is 2. The zero-order valence-corrected chi connectivity index (χ0v) is 16.0. The van der Waals surface area contributed by atoms with Crippen molar-refractivity contribution in [2.75, 3.05) is 7.11 Å². The zero-order chi connectivity index (χ0) is 18.6. The highest BCUT2D eigenvalue weighted by Crippen LogP contribution is 2.61. The molecule has 0 heterocycles. The molecular weight excluding hydrogens is 316 g/mol. The van der Waals surface area contributed by atoms with Crippen LogP contribution >= 0.6 is 0 Å². The van der Waals surface area contributed by atoms with Crippen molar-refractivity contribution in [3.8, 4) is 11.5 Å². The Balaban J connectivity index is 2.31. The molecule has 1 aromatic carbocycles. The molecule has 2 aliphatic carbocycles. The van der Waals surface area contributed by atoms with Gasteiger partial charge in [-0.15, -0.1) is 0 Å². The van der Waals surface area contributed by atoms with E-state index < -0.39 is 5.41 Å². The van der Waals surface area contributed by atoms with Crippen LogP contribution in [0.2, 0.25) is 0 Å². The Hall–Kier alpha value is -1.71. The second kappa shape index (κ2) is 5.93. The molecule has 4 heteroatoms. The number of fused-ring (bicyclic) bond motifs is 3. The van der Waals surface area contributed by atoms with E-state index in [1.807, 2.05) is 19.9 Å². The SMILES string of the molecule is COC(=O)[C@]12CCCC(C)(C)[C@@H]1CCc1cc(C(C)C)c(O)c(O)c12. The first kappa shape index (κ1) is 18.1. The van der Waals surface area contributed by atoms with Gasteiger partial charge in [0.25, 0.3) is 0 Å². The van der Waals surface area contributed by atoms with Crippen LogP contribution in [0.25, 0.3) is 0 Å². The number of methoxy groups -OCH3 is 1. The monoisotopic (exact) mass is 346 g/mol. The summed E-state index contributed by atoms with van der Waals surface area (Å²) < 4.78 is 5.24. The molecule has 0 amide bonds. The molecule has 0 bridgehead atoms. The van der Waals surface area contributed by atoms with E-state index in [2.05, 4.69) is 13.8 Å². The lowest BCUT2D eigenvalue weighted by Gasteiger charge is -2.54. The number of benzene rings is 1. The third-order valence-electron chi connectivity index (χ3n) is 6.64. The van der Waals surface area contributed by atoms with Crippen LogP contribution in [0.5, 0.6) is 11.5 Å². The molecule has 0 spiro atoms. The molecule has 0 aliphatic heterocycles. The maximum absolute atomic E-state index is 13.0. The topological polar surface area (TPSA) is 66.8 Å². The minimum Gasteiger partial charge on any atom is -0.504 e. The average molecular weight is 346 g/mol. The van der Waals surface area contributed by atoms with E-state index in [4.69, 9.17) is 4.74 Å². The van der Waals surface area contributed by atoms with Crippen molar-refractivity contribution in [2.45, 2.75) is 71.1 Å². The molecule has 1 saturated carbocycles. The van der Waals surface area contributed by atoms with Crippen LogP contribution < -0.4 is 0 Å². The Labute approximate surface area is 150 Å². The molecule has 0 saturated heterocycles. The van der Waals surface area contributed by atoms with E-state index in [1.165, 1.54) is 7.11 Å². The fourth-order valence-electron chi connectivity index (χ4n) is 5.47. The Kier molecular flexibility index (Phi) is 4.29. The number of phenols is 2. The van der Waals surface area contributed by atoms with Gasteiger partial charge in [-0.3, -0.25) is 4.79 Å². The number of esters is 1. The highest BCUT2D eigenvalue weighted by atomic mass is 16.5. The van der Waals surface area contributed by atoms with Gasteiger partial charge in [0.15, 0.2) is 11.5 Å². The summed E-state index contributed by atoms with van der Waals surface area (Å²) in [4.78, 5) is 13.0. The zero-order valence-electron chi connectivity index (χ0n) is 16.0. The van der Waals surface area contributed by atoms with Crippen LogP contribution in [0.15, 0.2) is 6.07 Å². The largest absolute Gasteiger partial charge is 0.504 e. The Morgan fingerprint density at radius 1 is 1.24 bits per heavy atom. The number of hydrogen-bond donors (Lipinski definition) is 2. The number of ether oxygens (including phenoxy) is 1. The minimum atomic E-state index is -0.860. The predicted octanol–water partition coefficient (Wildman–Crippen LogP) is 4.40. The van der Waals surface area contributed by atoms with Crippen molar-refractivity contribution in [3.05, 3.63) is 22.8 Å². The van der Waals surface area contributed by atoms with Gasteiger partial charge < -0.3 is 14.9 Å². The van der Waals surface area contributed by atoms with E-state index in [9.17, 15) is 15.0 Å². The molecule has 2 N–H and O–H groups in total. The fraction of sp³-hybridized carbons (Fsp3) is 0.667. The summed E-state index contributed by atoms with van der Waals surface area (Å²) in [7, 11) is 1.42. The maximum atomic E-state index is 13.0. The smallest absolute Gasteiger partial charge is 0.316 e. The van der Waals surface area contributed by atoms with Crippen LogP contribution in [0.1, 0.15) is 76.0 Å². The summed E-state index contributed by atoms with van der Waals surface area (Å²) in [5.74, 6) is -0.275. The maximum Gasteiger partial charge on any atom is 0.316 e. The molecular formula is C21H30O4. The minimum absolute atomic E-state index is 0.0110. The molecule has 25 heavy (non-hydrogen) atoms. The number of phenolic OH excluding ortho intramolecular Hbond substituents is 2. The summed E-state index contributed by atoms with van der Waals surface area (Å²) in [6.07, 6.45) is 4.34. The Morgan fingerprint density at radius 3 is 2.52 bits per heavy atom. The number of hydrogen-bond acceptors (Lipinski definition) is 4. The van der Waals surface area contributed by atoms with Gasteiger partial charge in [0.05, 0.1) is 7.11 Å². The molecule has 0 unspecified atom stereocenters. The summed E-state index contributed by atoms with van der Waals surface area (Å²) in [5, 5.41) is 21.5. The van der Waals surface area contributed by atoms with Gasteiger partial charge in [0.1, 0.15) is 5.41 Å². The van der Waals surface area contributed by atoms with E-state index in [0.717, 1.165) is 36.8 Å². The van der Waals surface area contributed by atoms with Crippen LogP contribution in [0.4, 0.5) is 0 Å². The van der Waals surface area contributed by atoms with Crippen molar-refractivity contribution in [1.29, 1.82) is 0 Å². The molecule has 4 nitrogen and oxygen atoms in total. The van der Waals surface area contributed by atoms with Crippen molar-refractivity contribution >= 4 is 5.97 Å². The quantitative estimate of drug-likeness (QED) is 0.615. The van der Waals surface area contributed by atoms with E-state index in [-0.39, 0.29) is 34.7 Å². The highest BCUT2D eigenvalue weighted by molar-refractivity contribution is 5.87. The van der Waals surface area contributed by atoms with Gasteiger partial charge in [-0.2, -0.15) is 0 Å². The van der Waals surface area contributed by atoms with Crippen LogP contribution in [0.3, 0.4) is 0 Å². The average Bonchev–Trinajstić information content (AvgIpc) is 2.55. The van der Waals surface area contributed by atoms with E-state index >= 15 is 0 Å². The summed E-state index contributed by atoms with van der Waals surface area (Å²) in [6.45, 7) is 8.40. The molecule has 1 aromatic rings. The predicted molar refractivity (Wildman–Crippen MR) is 97.0 cm³/mol. The van der Waals surface area contributed by atoms with Gasteiger partial charge >= 0.3 is 5.97 Å². The lowest BCUT2D eigenvalue weighted by atomic mass is 9.49. The normalized spacial score (nSPS) is 27.5. The van der Waals surface area contributed by atoms with Crippen LogP contribution in [-0.4, -0.2) is 23.3 Å². The van der Waals surface area contributed by atoms with Crippen molar-refractivity contribution < 1.29 is 19.7 Å². The summed E-state index contributed by atoms with van der Waals surface area (Å²) in [6, 6.07) is 1.98. The molecule has 0 radical (unpaired) electrons. The fourth-order valence-corrected chi connectivity index (χ4v) is 5.47. The van der Waals surface area contributed by atoms with Crippen LogP contribution in [0, 0.1) is 11.3 Å². The first-order valence-corrected chi connectivity index (χ1v) is 9.33. The lowest BCUT2D eigenvalue weighted by Crippen LogP contribution is -2.54. The number of carbonyl (C=O) groups excluding carboxylic acids is 1. The van der Waals surface area contributed by atoms with Gasteiger partial charge in [-0.25, -0.2) is 0 Å². The second-order valence-corrected chi connectivity index (χ2v) is 8.75. The molecule has 1 fully saturated rings. The van der Waals surface area contributed by atoms with Gasteiger partial charge in [0.2, 0.25) is 0 Å². The van der Waals surface area contributed by atoms with Gasteiger partial charge in [0, 0.05) is 11.1 Å². The first-order chi connectivity index (χ1) is 11.7. The Morgan fingerprint density at radius 2 is 1.92 bits per heavy atom. The third-order valence-corrected chi connectivity index (χ3v) is 6.64. The van der Waals surface area contributed by atoms with Gasteiger partial charge in [-0.05, 0) is 48.5 Å². The standard InChI is InChI=1S/C21H30O4/c1-12(2)14-11-13-7-8-15-20(3,4)9-6-10-21(15,19(24)25-5)16(13)18(23)17(14)22/h11-12,15,22-23H,6-10H2,1-5H3/t15-,21+/m0/s1. The third kappa shape index (κ3) is 2.44. The summed E-state index contributed by atoms with van der Waals surface area (Å²) >= 11 is 0. The van der Waals surface area contributed by atoms with E-state index in [0.29, 0.717) is 12.0 Å². The highest BCUT2D eigenvalue weighted by Gasteiger charge is 2.59. The van der Waals surface area contributed by atoms with Crippen LogP contribution in [-0.2, 0) is 21.4 Å². The van der Waals surface area contributed by atoms with Gasteiger partial charge in [-0.1, -0.05) is 40.2 Å². The number of rotatable bonds is 2. The lowest BCUT2D eigenvalue weighted by molar-refractivity contribution is -0.156. The number of carbonyl (C=O) groups is 1.